The molecule has 0 bridgehead atoms. The van der Waals surface area contributed by atoms with Gasteiger partial charge in [0.25, 0.3) is 0 Å². The normalized spacial score (nSPS) is 18.6. The van der Waals surface area contributed by atoms with Crippen LogP contribution >= 0.6 is 0 Å². The SMILES string of the molecule is Cc1ccc(F)cc1CNCCCOCC1CCCO1. The Morgan fingerprint density at radius 1 is 1.45 bits per heavy atom. The molecule has 0 aromatic heterocycles. The minimum atomic E-state index is -0.174. The predicted octanol–water partition coefficient (Wildman–Crippen LogP) is 2.81. The maximum absolute atomic E-state index is 13.1. The van der Waals surface area contributed by atoms with Crippen LogP contribution in [0.1, 0.15) is 30.4 Å². The van der Waals surface area contributed by atoms with Gasteiger partial charge in [0, 0.05) is 19.8 Å². The maximum atomic E-state index is 13.1. The summed E-state index contributed by atoms with van der Waals surface area (Å²) >= 11 is 0. The lowest BCUT2D eigenvalue weighted by Crippen LogP contribution is -2.19. The molecule has 1 saturated heterocycles. The topological polar surface area (TPSA) is 30.5 Å². The monoisotopic (exact) mass is 281 g/mol. The molecule has 4 heteroatoms. The van der Waals surface area contributed by atoms with Gasteiger partial charge >= 0.3 is 0 Å². The minimum Gasteiger partial charge on any atom is -0.379 e. The van der Waals surface area contributed by atoms with Gasteiger partial charge in [0.1, 0.15) is 5.82 Å². The predicted molar refractivity (Wildman–Crippen MR) is 77.3 cm³/mol. The van der Waals surface area contributed by atoms with Gasteiger partial charge in [-0.25, -0.2) is 4.39 Å². The van der Waals surface area contributed by atoms with Crippen molar-refractivity contribution in [2.45, 2.75) is 38.8 Å². The first-order chi connectivity index (χ1) is 9.75. The van der Waals surface area contributed by atoms with E-state index in [1.165, 1.54) is 6.07 Å². The summed E-state index contributed by atoms with van der Waals surface area (Å²) in [6.07, 6.45) is 3.54. The molecule has 1 N–H and O–H groups in total. The smallest absolute Gasteiger partial charge is 0.123 e. The van der Waals surface area contributed by atoms with Crippen LogP contribution in [0.3, 0.4) is 0 Å². The quantitative estimate of drug-likeness (QED) is 0.743. The van der Waals surface area contributed by atoms with Crippen molar-refractivity contribution in [3.63, 3.8) is 0 Å². The highest BCUT2D eigenvalue weighted by Crippen LogP contribution is 2.12. The van der Waals surface area contributed by atoms with Gasteiger partial charge in [0.05, 0.1) is 12.7 Å². The Balaban J connectivity index is 1.51. The highest BCUT2D eigenvalue weighted by molar-refractivity contribution is 5.26. The van der Waals surface area contributed by atoms with E-state index in [9.17, 15) is 4.39 Å². The fraction of sp³-hybridized carbons (Fsp3) is 0.625. The lowest BCUT2D eigenvalue weighted by molar-refractivity contribution is 0.0166. The van der Waals surface area contributed by atoms with Gasteiger partial charge in [-0.05, 0) is 56.0 Å². The van der Waals surface area contributed by atoms with E-state index >= 15 is 0 Å². The van der Waals surface area contributed by atoms with E-state index in [0.29, 0.717) is 19.3 Å². The molecule has 20 heavy (non-hydrogen) atoms. The molecule has 0 saturated carbocycles. The summed E-state index contributed by atoms with van der Waals surface area (Å²) in [6, 6.07) is 4.91. The lowest BCUT2D eigenvalue weighted by atomic mass is 10.1. The van der Waals surface area contributed by atoms with Crippen molar-refractivity contribution in [3.05, 3.63) is 35.1 Å². The van der Waals surface area contributed by atoms with Crippen LogP contribution in [0, 0.1) is 12.7 Å². The summed E-state index contributed by atoms with van der Waals surface area (Å²) in [7, 11) is 0. The molecular formula is C16H24FNO2. The standard InChI is InChI=1S/C16H24FNO2/c1-13-5-6-15(17)10-14(13)11-18-7-3-8-19-12-16-4-2-9-20-16/h5-6,10,16,18H,2-4,7-9,11-12H2,1H3. The van der Waals surface area contributed by atoms with Crippen LogP contribution in [-0.4, -0.2) is 32.5 Å². The molecule has 0 radical (unpaired) electrons. The third-order valence-electron chi connectivity index (χ3n) is 3.60. The van der Waals surface area contributed by atoms with E-state index in [-0.39, 0.29) is 5.82 Å². The van der Waals surface area contributed by atoms with E-state index in [1.54, 1.807) is 6.07 Å². The van der Waals surface area contributed by atoms with Crippen molar-refractivity contribution < 1.29 is 13.9 Å². The molecule has 1 atom stereocenters. The first-order valence-corrected chi connectivity index (χ1v) is 7.41. The summed E-state index contributed by atoms with van der Waals surface area (Å²) < 4.78 is 24.2. The van der Waals surface area contributed by atoms with Crippen LogP contribution in [0.5, 0.6) is 0 Å². The van der Waals surface area contributed by atoms with Crippen LogP contribution < -0.4 is 5.32 Å². The number of aryl methyl sites for hydroxylation is 1. The zero-order valence-electron chi connectivity index (χ0n) is 12.2. The van der Waals surface area contributed by atoms with Crippen molar-refractivity contribution in [1.82, 2.24) is 5.32 Å². The molecule has 3 nitrogen and oxygen atoms in total. The average molecular weight is 281 g/mol. The summed E-state index contributed by atoms with van der Waals surface area (Å²) in [6.45, 7) is 5.92. The Labute approximate surface area is 120 Å². The summed E-state index contributed by atoms with van der Waals surface area (Å²) in [4.78, 5) is 0. The molecule has 1 aliphatic rings. The zero-order valence-corrected chi connectivity index (χ0v) is 12.2. The largest absolute Gasteiger partial charge is 0.379 e. The lowest BCUT2D eigenvalue weighted by Gasteiger charge is -2.11. The molecule has 1 heterocycles. The van der Waals surface area contributed by atoms with Crippen molar-refractivity contribution in [2.24, 2.45) is 0 Å². The van der Waals surface area contributed by atoms with Gasteiger partial charge < -0.3 is 14.8 Å². The van der Waals surface area contributed by atoms with E-state index in [2.05, 4.69) is 5.32 Å². The van der Waals surface area contributed by atoms with Gasteiger partial charge in [-0.15, -0.1) is 0 Å². The average Bonchev–Trinajstić information content (AvgIpc) is 2.94. The first kappa shape index (κ1) is 15.4. The van der Waals surface area contributed by atoms with Gasteiger partial charge in [-0.2, -0.15) is 0 Å². The maximum Gasteiger partial charge on any atom is 0.123 e. The number of rotatable bonds is 8. The number of hydrogen-bond acceptors (Lipinski definition) is 3. The number of halogens is 1. The van der Waals surface area contributed by atoms with Gasteiger partial charge in [0.2, 0.25) is 0 Å². The Morgan fingerprint density at radius 2 is 2.35 bits per heavy atom. The summed E-state index contributed by atoms with van der Waals surface area (Å²) in [5.74, 6) is -0.174. The Kier molecular flexibility index (Phi) is 6.43. The highest BCUT2D eigenvalue weighted by atomic mass is 19.1. The molecule has 2 rings (SSSR count). The van der Waals surface area contributed by atoms with Crippen LogP contribution in [0.15, 0.2) is 18.2 Å². The third-order valence-corrected chi connectivity index (χ3v) is 3.60. The Bertz CT molecular complexity index is 405. The van der Waals surface area contributed by atoms with Crippen molar-refractivity contribution in [3.8, 4) is 0 Å². The molecule has 0 aliphatic carbocycles. The van der Waals surface area contributed by atoms with Crippen LogP contribution in [0.25, 0.3) is 0 Å². The minimum absolute atomic E-state index is 0.174. The molecular weight excluding hydrogens is 257 g/mol. The molecule has 1 aromatic carbocycles. The van der Waals surface area contributed by atoms with Crippen LogP contribution in [0.2, 0.25) is 0 Å². The molecule has 1 fully saturated rings. The highest BCUT2D eigenvalue weighted by Gasteiger charge is 2.14. The molecule has 1 aliphatic heterocycles. The number of ether oxygens (including phenoxy) is 2. The van der Waals surface area contributed by atoms with Crippen LogP contribution in [0.4, 0.5) is 4.39 Å². The second kappa shape index (κ2) is 8.35. The van der Waals surface area contributed by atoms with Crippen molar-refractivity contribution in [2.75, 3.05) is 26.4 Å². The third kappa shape index (κ3) is 5.19. The second-order valence-electron chi connectivity index (χ2n) is 5.31. The van der Waals surface area contributed by atoms with Gasteiger partial charge in [-0.3, -0.25) is 0 Å². The second-order valence-corrected chi connectivity index (χ2v) is 5.31. The zero-order chi connectivity index (χ0) is 14.2. The number of hydrogen-bond donors (Lipinski definition) is 1. The van der Waals surface area contributed by atoms with E-state index < -0.39 is 0 Å². The van der Waals surface area contributed by atoms with Crippen LogP contribution in [-0.2, 0) is 16.0 Å². The molecule has 1 aromatic rings. The Hall–Kier alpha value is -0.970. The number of nitrogens with one attached hydrogen (secondary N) is 1. The van der Waals surface area contributed by atoms with E-state index in [0.717, 1.165) is 50.1 Å². The molecule has 0 amide bonds. The summed E-state index contributed by atoms with van der Waals surface area (Å²) in [5, 5.41) is 3.32. The van der Waals surface area contributed by atoms with Gasteiger partial charge in [-0.1, -0.05) is 6.07 Å². The molecule has 112 valence electrons. The van der Waals surface area contributed by atoms with Gasteiger partial charge in [0.15, 0.2) is 0 Å². The van der Waals surface area contributed by atoms with E-state index in [4.69, 9.17) is 9.47 Å². The number of benzene rings is 1. The Morgan fingerprint density at radius 3 is 3.15 bits per heavy atom. The molecule has 1 unspecified atom stereocenters. The van der Waals surface area contributed by atoms with Crippen molar-refractivity contribution >= 4 is 0 Å². The summed E-state index contributed by atoms with van der Waals surface area (Å²) in [5.41, 5.74) is 2.14. The molecule has 0 spiro atoms. The van der Waals surface area contributed by atoms with E-state index in [1.807, 2.05) is 13.0 Å². The first-order valence-electron chi connectivity index (χ1n) is 7.41. The fourth-order valence-electron chi connectivity index (χ4n) is 2.34. The van der Waals surface area contributed by atoms with Crippen molar-refractivity contribution in [1.29, 1.82) is 0 Å². The fourth-order valence-corrected chi connectivity index (χ4v) is 2.34.